The highest BCUT2D eigenvalue weighted by Gasteiger charge is 2.25. The molecule has 22 heavy (non-hydrogen) atoms. The van der Waals surface area contributed by atoms with Crippen LogP contribution in [0.1, 0.15) is 6.92 Å². The van der Waals surface area contributed by atoms with E-state index in [0.29, 0.717) is 38.5 Å². The Morgan fingerprint density at radius 3 is 2.41 bits per heavy atom. The Bertz CT molecular complexity index is 560. The molecule has 120 valence electrons. The maximum Gasteiger partial charge on any atom is 0.409 e. The molecule has 0 unspecified atom stereocenters. The molecule has 1 aromatic rings. The van der Waals surface area contributed by atoms with Gasteiger partial charge in [-0.25, -0.2) is 9.59 Å². The number of hydrogen-bond donors (Lipinski definition) is 1. The lowest BCUT2D eigenvalue weighted by Crippen LogP contribution is -2.51. The molecule has 0 spiro atoms. The summed E-state index contributed by atoms with van der Waals surface area (Å²) >= 11 is 6.78. The number of hydrogen-bond acceptors (Lipinski definition) is 3. The summed E-state index contributed by atoms with van der Waals surface area (Å²) in [5, 5.41) is 2.86. The van der Waals surface area contributed by atoms with E-state index in [4.69, 9.17) is 4.74 Å². The lowest BCUT2D eigenvalue weighted by molar-refractivity contribution is 0.0868. The molecule has 8 heteroatoms. The van der Waals surface area contributed by atoms with E-state index < -0.39 is 0 Å². The number of benzene rings is 1. The summed E-state index contributed by atoms with van der Waals surface area (Å²) in [6, 6.07) is 5.38. The van der Waals surface area contributed by atoms with Crippen LogP contribution >= 0.6 is 31.9 Å². The van der Waals surface area contributed by atoms with Crippen molar-refractivity contribution < 1.29 is 14.3 Å². The van der Waals surface area contributed by atoms with Crippen molar-refractivity contribution in [2.75, 3.05) is 38.1 Å². The second kappa shape index (κ2) is 7.82. The fourth-order valence-corrected chi connectivity index (χ4v) is 3.24. The second-order valence-corrected chi connectivity index (χ2v) is 6.50. The van der Waals surface area contributed by atoms with Gasteiger partial charge in [0.15, 0.2) is 0 Å². The van der Waals surface area contributed by atoms with Gasteiger partial charge in [0.05, 0.1) is 12.3 Å². The van der Waals surface area contributed by atoms with Crippen LogP contribution in [0.25, 0.3) is 0 Å². The Balaban J connectivity index is 1.88. The highest BCUT2D eigenvalue weighted by Crippen LogP contribution is 2.26. The zero-order valence-corrected chi connectivity index (χ0v) is 15.3. The normalized spacial score (nSPS) is 14.7. The van der Waals surface area contributed by atoms with Gasteiger partial charge in [-0.3, -0.25) is 0 Å². The molecule has 1 heterocycles. The lowest BCUT2D eigenvalue weighted by Gasteiger charge is -2.34. The van der Waals surface area contributed by atoms with Gasteiger partial charge < -0.3 is 19.9 Å². The van der Waals surface area contributed by atoms with E-state index >= 15 is 0 Å². The molecule has 0 saturated carbocycles. The van der Waals surface area contributed by atoms with Crippen molar-refractivity contribution in [1.29, 1.82) is 0 Å². The number of halogens is 2. The summed E-state index contributed by atoms with van der Waals surface area (Å²) in [6.07, 6.45) is -0.321. The van der Waals surface area contributed by atoms with Crippen molar-refractivity contribution in [2.45, 2.75) is 6.92 Å². The minimum absolute atomic E-state index is 0.175. The third-order valence-corrected chi connectivity index (χ3v) is 4.41. The van der Waals surface area contributed by atoms with Crippen LogP contribution in [0.15, 0.2) is 27.1 Å². The number of amides is 3. The number of carbonyl (C=O) groups is 2. The molecule has 6 nitrogen and oxygen atoms in total. The van der Waals surface area contributed by atoms with E-state index in [0.717, 1.165) is 8.95 Å². The Labute approximate surface area is 146 Å². The number of nitrogens with zero attached hydrogens (tertiary/aromatic N) is 2. The highest BCUT2D eigenvalue weighted by molar-refractivity contribution is 9.11. The van der Waals surface area contributed by atoms with E-state index in [9.17, 15) is 9.59 Å². The minimum Gasteiger partial charge on any atom is -0.450 e. The Morgan fingerprint density at radius 2 is 1.82 bits per heavy atom. The van der Waals surface area contributed by atoms with Crippen LogP contribution in [0, 0.1) is 0 Å². The van der Waals surface area contributed by atoms with E-state index in [1.54, 1.807) is 16.7 Å². The van der Waals surface area contributed by atoms with Gasteiger partial charge in [0.2, 0.25) is 0 Å². The first-order valence-electron chi connectivity index (χ1n) is 6.94. The topological polar surface area (TPSA) is 61.9 Å². The van der Waals surface area contributed by atoms with Gasteiger partial charge in [0.25, 0.3) is 0 Å². The van der Waals surface area contributed by atoms with Crippen molar-refractivity contribution >= 4 is 49.7 Å². The van der Waals surface area contributed by atoms with Gasteiger partial charge in [-0.05, 0) is 41.1 Å². The molecule has 1 N–H and O–H groups in total. The fraction of sp³-hybridized carbons (Fsp3) is 0.429. The molecule has 1 aromatic carbocycles. The smallest absolute Gasteiger partial charge is 0.409 e. The summed E-state index contributed by atoms with van der Waals surface area (Å²) in [5.74, 6) is 0. The first-order chi connectivity index (χ1) is 10.5. The van der Waals surface area contributed by atoms with Crippen LogP contribution in [0.3, 0.4) is 0 Å². The van der Waals surface area contributed by atoms with Gasteiger partial charge in [0.1, 0.15) is 0 Å². The molecule has 3 amide bonds. The standard InChI is InChI=1S/C14H17Br2N3O3/c1-2-22-14(21)19-7-5-18(6-8-19)13(20)17-12-4-3-10(15)9-11(12)16/h3-4,9H,2,5-8H2,1H3,(H,17,20). The van der Waals surface area contributed by atoms with Gasteiger partial charge in [-0.2, -0.15) is 0 Å². The molecule has 1 fully saturated rings. The lowest BCUT2D eigenvalue weighted by atomic mass is 10.3. The van der Waals surface area contributed by atoms with E-state index in [1.165, 1.54) is 0 Å². The summed E-state index contributed by atoms with van der Waals surface area (Å²) in [7, 11) is 0. The number of nitrogens with one attached hydrogen (secondary N) is 1. The summed E-state index contributed by atoms with van der Waals surface area (Å²) in [5.41, 5.74) is 0.709. The predicted octanol–water partition coefficient (Wildman–Crippen LogP) is 3.52. The molecule has 0 atom stereocenters. The molecular formula is C14H17Br2N3O3. The summed E-state index contributed by atoms with van der Waals surface area (Å²) in [4.78, 5) is 27.2. The summed E-state index contributed by atoms with van der Waals surface area (Å²) in [6.45, 7) is 4.06. The molecule has 1 aliphatic rings. The highest BCUT2D eigenvalue weighted by atomic mass is 79.9. The molecule has 0 radical (unpaired) electrons. The van der Waals surface area contributed by atoms with Crippen LogP contribution in [0.5, 0.6) is 0 Å². The maximum absolute atomic E-state index is 12.3. The van der Waals surface area contributed by atoms with Crippen molar-refractivity contribution in [3.05, 3.63) is 27.1 Å². The SMILES string of the molecule is CCOC(=O)N1CCN(C(=O)Nc2ccc(Br)cc2Br)CC1. The van der Waals surface area contributed by atoms with Gasteiger partial charge in [-0.15, -0.1) is 0 Å². The Hall–Kier alpha value is -1.28. The number of piperazine rings is 1. The molecular weight excluding hydrogens is 418 g/mol. The minimum atomic E-state index is -0.321. The third-order valence-electron chi connectivity index (χ3n) is 3.27. The Morgan fingerprint density at radius 1 is 1.18 bits per heavy atom. The van der Waals surface area contributed by atoms with Gasteiger partial charge in [0, 0.05) is 35.1 Å². The third kappa shape index (κ3) is 4.36. The molecule has 1 saturated heterocycles. The quantitative estimate of drug-likeness (QED) is 0.774. The number of anilines is 1. The van der Waals surface area contributed by atoms with Crippen molar-refractivity contribution in [3.8, 4) is 0 Å². The Kier molecular flexibility index (Phi) is 6.07. The molecule has 2 rings (SSSR count). The van der Waals surface area contributed by atoms with Gasteiger partial charge >= 0.3 is 12.1 Å². The number of urea groups is 1. The number of ether oxygens (including phenoxy) is 1. The van der Waals surface area contributed by atoms with Crippen LogP contribution in [-0.4, -0.2) is 54.7 Å². The second-order valence-electron chi connectivity index (χ2n) is 4.73. The molecule has 0 aliphatic carbocycles. The maximum atomic E-state index is 12.3. The van der Waals surface area contributed by atoms with Gasteiger partial charge in [-0.1, -0.05) is 15.9 Å². The average Bonchev–Trinajstić information content (AvgIpc) is 2.50. The van der Waals surface area contributed by atoms with Crippen molar-refractivity contribution in [3.63, 3.8) is 0 Å². The van der Waals surface area contributed by atoms with Crippen molar-refractivity contribution in [2.24, 2.45) is 0 Å². The van der Waals surface area contributed by atoms with E-state index in [-0.39, 0.29) is 12.1 Å². The van der Waals surface area contributed by atoms with Crippen LogP contribution in [0.4, 0.5) is 15.3 Å². The van der Waals surface area contributed by atoms with E-state index in [1.807, 2.05) is 18.2 Å². The van der Waals surface area contributed by atoms with Crippen LogP contribution in [0.2, 0.25) is 0 Å². The summed E-state index contributed by atoms with van der Waals surface area (Å²) < 4.78 is 6.69. The van der Waals surface area contributed by atoms with Crippen molar-refractivity contribution in [1.82, 2.24) is 9.80 Å². The van der Waals surface area contributed by atoms with Crippen LogP contribution in [-0.2, 0) is 4.74 Å². The van der Waals surface area contributed by atoms with Crippen LogP contribution < -0.4 is 5.32 Å². The largest absolute Gasteiger partial charge is 0.450 e. The zero-order chi connectivity index (χ0) is 16.1. The average molecular weight is 435 g/mol. The van der Waals surface area contributed by atoms with E-state index in [2.05, 4.69) is 37.2 Å². The number of rotatable bonds is 2. The number of carbonyl (C=O) groups excluding carboxylic acids is 2. The molecule has 0 aromatic heterocycles. The first-order valence-corrected chi connectivity index (χ1v) is 8.52. The fourth-order valence-electron chi connectivity index (χ4n) is 2.09. The monoisotopic (exact) mass is 433 g/mol. The zero-order valence-electron chi connectivity index (χ0n) is 12.1. The first kappa shape index (κ1) is 17.1. The molecule has 1 aliphatic heterocycles. The predicted molar refractivity (Wildman–Crippen MR) is 91.0 cm³/mol. The molecule has 0 bridgehead atoms.